The fourth-order valence-corrected chi connectivity index (χ4v) is 3.18. The maximum Gasteiger partial charge on any atom is 0.263 e. The van der Waals surface area contributed by atoms with E-state index in [1.54, 1.807) is 18.2 Å². The first-order valence-electron chi connectivity index (χ1n) is 6.52. The average molecular weight is 292 g/mol. The lowest BCUT2D eigenvalue weighted by Gasteiger charge is -2.08. The third kappa shape index (κ3) is 2.43. The third-order valence-corrected chi connectivity index (χ3v) is 4.97. The van der Waals surface area contributed by atoms with E-state index in [0.29, 0.717) is 11.7 Å². The topological polar surface area (TPSA) is 72.2 Å². The smallest absolute Gasteiger partial charge is 0.263 e. The number of anilines is 1. The summed E-state index contributed by atoms with van der Waals surface area (Å²) in [6.45, 7) is 3.84. The van der Waals surface area contributed by atoms with E-state index in [1.165, 1.54) is 6.26 Å². The van der Waals surface area contributed by atoms with E-state index in [-0.39, 0.29) is 4.90 Å². The minimum Gasteiger partial charge on any atom is -0.362 e. The van der Waals surface area contributed by atoms with Crippen LogP contribution < -0.4 is 4.72 Å². The van der Waals surface area contributed by atoms with Crippen molar-refractivity contribution in [2.24, 2.45) is 0 Å². The normalized spacial score (nSPS) is 15.3. The van der Waals surface area contributed by atoms with Gasteiger partial charge in [0.1, 0.15) is 6.26 Å². The summed E-state index contributed by atoms with van der Waals surface area (Å²) in [5.74, 6) is 0.685. The van der Waals surface area contributed by atoms with Crippen molar-refractivity contribution in [1.29, 1.82) is 0 Å². The molecule has 0 atom stereocenters. The molecule has 1 N–H and O–H groups in total. The van der Waals surface area contributed by atoms with E-state index >= 15 is 0 Å². The van der Waals surface area contributed by atoms with Crippen LogP contribution in [0.15, 0.2) is 33.9 Å². The predicted octanol–water partition coefficient (Wildman–Crippen LogP) is 2.97. The number of aryl methyl sites for hydroxylation is 2. The van der Waals surface area contributed by atoms with Gasteiger partial charge in [-0.2, -0.15) is 0 Å². The lowest BCUT2D eigenvalue weighted by atomic mass is 10.1. The van der Waals surface area contributed by atoms with Crippen molar-refractivity contribution in [1.82, 2.24) is 5.16 Å². The van der Waals surface area contributed by atoms with Gasteiger partial charge in [-0.1, -0.05) is 11.2 Å². The zero-order valence-electron chi connectivity index (χ0n) is 11.4. The van der Waals surface area contributed by atoms with Gasteiger partial charge in [0.15, 0.2) is 5.82 Å². The van der Waals surface area contributed by atoms with Crippen LogP contribution in [-0.2, 0) is 10.0 Å². The van der Waals surface area contributed by atoms with Gasteiger partial charge in [-0.25, -0.2) is 8.42 Å². The van der Waals surface area contributed by atoms with E-state index < -0.39 is 10.0 Å². The van der Waals surface area contributed by atoms with Gasteiger partial charge in [0.2, 0.25) is 0 Å². The Hall–Kier alpha value is -1.82. The van der Waals surface area contributed by atoms with E-state index in [2.05, 4.69) is 9.88 Å². The molecular weight excluding hydrogens is 276 g/mol. The maximum absolute atomic E-state index is 12.4. The summed E-state index contributed by atoms with van der Waals surface area (Å²) in [4.78, 5) is 0.241. The zero-order chi connectivity index (χ0) is 14.3. The molecule has 3 rings (SSSR count). The van der Waals surface area contributed by atoms with Crippen LogP contribution in [0.4, 0.5) is 5.82 Å². The number of rotatable bonds is 4. The number of hydrogen-bond donors (Lipinski definition) is 1. The van der Waals surface area contributed by atoms with Gasteiger partial charge in [-0.05, 0) is 55.9 Å². The quantitative estimate of drug-likeness (QED) is 0.940. The summed E-state index contributed by atoms with van der Waals surface area (Å²) >= 11 is 0. The summed E-state index contributed by atoms with van der Waals surface area (Å²) in [5.41, 5.74) is 2.84. The van der Waals surface area contributed by atoms with Gasteiger partial charge in [-0.3, -0.25) is 4.72 Å². The monoisotopic (exact) mass is 292 g/mol. The van der Waals surface area contributed by atoms with E-state index in [1.807, 2.05) is 13.8 Å². The molecule has 0 spiro atoms. The molecule has 1 saturated carbocycles. The molecule has 1 aliphatic rings. The molecule has 1 fully saturated rings. The van der Waals surface area contributed by atoms with Crippen LogP contribution in [0.5, 0.6) is 0 Å². The molecule has 0 bridgehead atoms. The molecule has 6 heteroatoms. The third-order valence-electron chi connectivity index (χ3n) is 3.63. The molecule has 0 aliphatic heterocycles. The van der Waals surface area contributed by atoms with E-state index in [4.69, 9.17) is 4.52 Å². The average Bonchev–Trinajstić information content (AvgIpc) is 3.14. The second kappa shape index (κ2) is 4.63. The maximum atomic E-state index is 12.4. The Morgan fingerprint density at radius 2 is 2.00 bits per heavy atom. The summed E-state index contributed by atoms with van der Waals surface area (Å²) in [5, 5.41) is 3.76. The molecule has 1 aromatic carbocycles. The largest absolute Gasteiger partial charge is 0.362 e. The van der Waals surface area contributed by atoms with Crippen LogP contribution in [0.2, 0.25) is 0 Å². The van der Waals surface area contributed by atoms with Crippen molar-refractivity contribution < 1.29 is 12.9 Å². The van der Waals surface area contributed by atoms with Crippen LogP contribution >= 0.6 is 0 Å². The van der Waals surface area contributed by atoms with Crippen LogP contribution in [-0.4, -0.2) is 13.6 Å². The zero-order valence-corrected chi connectivity index (χ0v) is 12.2. The number of sulfonamides is 1. The number of aromatic nitrogens is 1. The Bertz CT molecular complexity index is 746. The molecule has 0 radical (unpaired) electrons. The predicted molar refractivity (Wildman–Crippen MR) is 75.2 cm³/mol. The van der Waals surface area contributed by atoms with Crippen molar-refractivity contribution in [2.45, 2.75) is 37.5 Å². The van der Waals surface area contributed by atoms with Gasteiger partial charge in [0.25, 0.3) is 10.0 Å². The molecular formula is C14H16N2O3S. The number of nitrogens with one attached hydrogen (secondary N) is 1. The highest BCUT2D eigenvalue weighted by molar-refractivity contribution is 7.92. The van der Waals surface area contributed by atoms with Crippen molar-refractivity contribution in [3.8, 4) is 0 Å². The molecule has 0 unspecified atom stereocenters. The summed E-state index contributed by atoms with van der Waals surface area (Å²) < 4.78 is 32.1. The lowest BCUT2D eigenvalue weighted by molar-refractivity contribution is 0.422. The molecule has 0 amide bonds. The minimum absolute atomic E-state index is 0.241. The Balaban J connectivity index is 1.91. The fraction of sp³-hybridized carbons (Fsp3) is 0.357. The first kappa shape index (κ1) is 13.2. The SMILES string of the molecule is Cc1ccc(S(=O)(=O)Nc2nocc2C2CC2)cc1C. The first-order chi connectivity index (χ1) is 9.47. The Morgan fingerprint density at radius 1 is 1.25 bits per heavy atom. The van der Waals surface area contributed by atoms with Crippen LogP contribution in [0.25, 0.3) is 0 Å². The molecule has 1 heterocycles. The highest BCUT2D eigenvalue weighted by atomic mass is 32.2. The van der Waals surface area contributed by atoms with Crippen molar-refractivity contribution in [2.75, 3.05) is 4.72 Å². The van der Waals surface area contributed by atoms with Gasteiger partial charge < -0.3 is 4.52 Å². The molecule has 20 heavy (non-hydrogen) atoms. The first-order valence-corrected chi connectivity index (χ1v) is 8.00. The van der Waals surface area contributed by atoms with Gasteiger partial charge in [-0.15, -0.1) is 0 Å². The molecule has 0 saturated heterocycles. The van der Waals surface area contributed by atoms with E-state index in [9.17, 15) is 8.42 Å². The highest BCUT2D eigenvalue weighted by Crippen LogP contribution is 2.43. The number of nitrogens with zero attached hydrogens (tertiary/aromatic N) is 1. The Morgan fingerprint density at radius 3 is 2.65 bits per heavy atom. The second-order valence-electron chi connectivity index (χ2n) is 5.24. The summed E-state index contributed by atoms with van der Waals surface area (Å²) in [6.07, 6.45) is 3.63. The summed E-state index contributed by atoms with van der Waals surface area (Å²) in [7, 11) is -3.62. The van der Waals surface area contributed by atoms with E-state index in [0.717, 1.165) is 29.5 Å². The second-order valence-corrected chi connectivity index (χ2v) is 6.93. The molecule has 1 aliphatic carbocycles. The fourth-order valence-electron chi connectivity index (χ4n) is 2.07. The minimum atomic E-state index is -3.62. The van der Waals surface area contributed by atoms with Gasteiger partial charge >= 0.3 is 0 Å². The van der Waals surface area contributed by atoms with Crippen LogP contribution in [0.1, 0.15) is 35.4 Å². The lowest BCUT2D eigenvalue weighted by Crippen LogP contribution is -2.14. The van der Waals surface area contributed by atoms with Crippen molar-refractivity contribution >= 4 is 15.8 Å². The molecule has 106 valence electrons. The van der Waals surface area contributed by atoms with Gasteiger partial charge in [0, 0.05) is 5.56 Å². The number of benzene rings is 1. The van der Waals surface area contributed by atoms with Crippen LogP contribution in [0.3, 0.4) is 0 Å². The van der Waals surface area contributed by atoms with Crippen molar-refractivity contribution in [3.05, 3.63) is 41.2 Å². The summed E-state index contributed by atoms with van der Waals surface area (Å²) in [6, 6.07) is 5.06. The highest BCUT2D eigenvalue weighted by Gasteiger charge is 2.30. The molecule has 5 nitrogen and oxygen atoms in total. The standard InChI is InChI=1S/C14H16N2O3S/c1-9-3-6-12(7-10(9)2)20(17,18)16-14-13(8-19-15-14)11-4-5-11/h3,6-8,11H,4-5H2,1-2H3,(H,15,16). The molecule has 2 aromatic rings. The van der Waals surface area contributed by atoms with Crippen molar-refractivity contribution in [3.63, 3.8) is 0 Å². The molecule has 1 aromatic heterocycles. The van der Waals surface area contributed by atoms with Gasteiger partial charge in [0.05, 0.1) is 4.90 Å². The number of hydrogen-bond acceptors (Lipinski definition) is 4. The van der Waals surface area contributed by atoms with Crippen LogP contribution in [0, 0.1) is 13.8 Å². The Kier molecular flexibility index (Phi) is 3.05. The Labute approximate surface area is 118 Å².